The average Bonchev–Trinajstić information content (AvgIpc) is 2.70. The van der Waals surface area contributed by atoms with Crippen LogP contribution in [0.25, 0.3) is 0 Å². The molecule has 0 unspecified atom stereocenters. The Bertz CT molecular complexity index is 821. The van der Waals surface area contributed by atoms with Crippen LogP contribution >= 0.6 is 0 Å². The summed E-state index contributed by atoms with van der Waals surface area (Å²) in [6, 6.07) is 13.5. The number of para-hydroxylation sites is 2. The number of benzene rings is 2. The Morgan fingerprint density at radius 1 is 0.893 bits per heavy atom. The maximum atomic E-state index is 12.0. The van der Waals surface area contributed by atoms with Crippen molar-refractivity contribution in [3.63, 3.8) is 0 Å². The third kappa shape index (κ3) is 6.64. The first kappa shape index (κ1) is 20.8. The molecule has 8 nitrogen and oxygen atoms in total. The van der Waals surface area contributed by atoms with Gasteiger partial charge in [0.1, 0.15) is 0 Å². The van der Waals surface area contributed by atoms with E-state index in [1.165, 1.54) is 14.0 Å². The van der Waals surface area contributed by atoms with Crippen LogP contribution in [0, 0.1) is 0 Å². The van der Waals surface area contributed by atoms with Crippen molar-refractivity contribution in [1.29, 1.82) is 0 Å². The Kier molecular flexibility index (Phi) is 7.83. The number of hydrogen-bond acceptors (Lipinski definition) is 5. The minimum atomic E-state index is -0.335. The summed E-state index contributed by atoms with van der Waals surface area (Å²) in [5, 5.41) is 7.98. The van der Waals surface area contributed by atoms with Crippen LogP contribution in [0.1, 0.15) is 17.3 Å². The van der Waals surface area contributed by atoms with Crippen molar-refractivity contribution in [2.24, 2.45) is 0 Å². The number of ether oxygens (including phenoxy) is 2. The molecule has 2 aromatic carbocycles. The molecule has 0 aromatic heterocycles. The molecule has 8 heteroatoms. The summed E-state index contributed by atoms with van der Waals surface area (Å²) in [5.74, 6) is 0.279. The summed E-state index contributed by atoms with van der Waals surface area (Å²) in [4.78, 5) is 34.8. The highest BCUT2D eigenvalue weighted by Gasteiger charge is 2.09. The molecule has 0 aliphatic heterocycles. The molecule has 0 spiro atoms. The predicted molar refractivity (Wildman–Crippen MR) is 105 cm³/mol. The standard InChI is InChI=1S/C20H23N3O5/c1-14(24)21-11-12-22-20(26)15-7-9-16(10-8-15)23-19(25)13-28-18-6-4-3-5-17(18)27-2/h3-10H,11-13H2,1-2H3,(H,21,24)(H,22,26)(H,23,25). The minimum Gasteiger partial charge on any atom is -0.493 e. The molecule has 0 atom stereocenters. The predicted octanol–water partition coefficient (Wildman–Crippen LogP) is 1.58. The van der Waals surface area contributed by atoms with Crippen molar-refractivity contribution in [1.82, 2.24) is 10.6 Å². The van der Waals surface area contributed by atoms with Gasteiger partial charge in [0.05, 0.1) is 7.11 Å². The van der Waals surface area contributed by atoms with Crippen LogP contribution in [-0.2, 0) is 9.59 Å². The highest BCUT2D eigenvalue weighted by atomic mass is 16.5. The second-order valence-electron chi connectivity index (χ2n) is 5.80. The molecule has 2 aromatic rings. The number of carbonyl (C=O) groups excluding carboxylic acids is 3. The van der Waals surface area contributed by atoms with E-state index >= 15 is 0 Å². The molecule has 28 heavy (non-hydrogen) atoms. The van der Waals surface area contributed by atoms with Gasteiger partial charge in [0.2, 0.25) is 5.91 Å². The fourth-order valence-electron chi connectivity index (χ4n) is 2.30. The van der Waals surface area contributed by atoms with Gasteiger partial charge in [-0.2, -0.15) is 0 Å². The smallest absolute Gasteiger partial charge is 0.262 e. The van der Waals surface area contributed by atoms with Crippen LogP contribution in [0.2, 0.25) is 0 Å². The molecule has 148 valence electrons. The first-order valence-electron chi connectivity index (χ1n) is 8.68. The van der Waals surface area contributed by atoms with Gasteiger partial charge in [0, 0.05) is 31.3 Å². The van der Waals surface area contributed by atoms with E-state index in [1.54, 1.807) is 42.5 Å². The van der Waals surface area contributed by atoms with E-state index in [2.05, 4.69) is 16.0 Å². The first-order chi connectivity index (χ1) is 13.5. The van der Waals surface area contributed by atoms with Gasteiger partial charge in [-0.1, -0.05) is 12.1 Å². The van der Waals surface area contributed by atoms with Crippen molar-refractivity contribution in [2.45, 2.75) is 6.92 Å². The molecule has 0 aliphatic rings. The molecule has 0 fully saturated rings. The summed E-state index contributed by atoms with van der Waals surface area (Å²) in [7, 11) is 1.53. The number of amides is 3. The van der Waals surface area contributed by atoms with E-state index < -0.39 is 0 Å². The quantitative estimate of drug-likeness (QED) is 0.569. The molecule has 0 aliphatic carbocycles. The summed E-state index contributed by atoms with van der Waals surface area (Å²) in [6.45, 7) is 1.93. The van der Waals surface area contributed by atoms with Crippen molar-refractivity contribution in [3.05, 3.63) is 54.1 Å². The maximum absolute atomic E-state index is 12.0. The van der Waals surface area contributed by atoms with Gasteiger partial charge in [-0.15, -0.1) is 0 Å². The normalized spacial score (nSPS) is 9.93. The fourth-order valence-corrected chi connectivity index (χ4v) is 2.30. The van der Waals surface area contributed by atoms with Crippen LogP contribution in [0.15, 0.2) is 48.5 Å². The highest BCUT2D eigenvalue weighted by molar-refractivity contribution is 5.96. The fraction of sp³-hybridized carbons (Fsp3) is 0.250. The molecule has 3 N–H and O–H groups in total. The molecule has 0 radical (unpaired) electrons. The Morgan fingerprint density at radius 3 is 2.18 bits per heavy atom. The maximum Gasteiger partial charge on any atom is 0.262 e. The van der Waals surface area contributed by atoms with Crippen molar-refractivity contribution in [2.75, 3.05) is 32.1 Å². The number of methoxy groups -OCH3 is 1. The Morgan fingerprint density at radius 2 is 1.54 bits per heavy atom. The molecule has 3 amide bonds. The molecular formula is C20H23N3O5. The number of hydrogen-bond donors (Lipinski definition) is 3. The second kappa shape index (κ2) is 10.6. The Labute approximate surface area is 163 Å². The first-order valence-corrected chi connectivity index (χ1v) is 8.68. The number of anilines is 1. The molecular weight excluding hydrogens is 362 g/mol. The van der Waals surface area contributed by atoms with Crippen molar-refractivity contribution < 1.29 is 23.9 Å². The van der Waals surface area contributed by atoms with Gasteiger partial charge in [-0.3, -0.25) is 14.4 Å². The van der Waals surface area contributed by atoms with Crippen LogP contribution in [0.5, 0.6) is 11.5 Å². The van der Waals surface area contributed by atoms with Gasteiger partial charge >= 0.3 is 0 Å². The lowest BCUT2D eigenvalue weighted by atomic mass is 10.2. The van der Waals surface area contributed by atoms with Crippen LogP contribution in [0.3, 0.4) is 0 Å². The molecule has 0 heterocycles. The summed E-state index contributed by atoms with van der Waals surface area (Å²) in [6.07, 6.45) is 0. The van der Waals surface area contributed by atoms with Crippen LogP contribution in [0.4, 0.5) is 5.69 Å². The second-order valence-corrected chi connectivity index (χ2v) is 5.80. The number of carbonyl (C=O) groups is 3. The Hall–Kier alpha value is -3.55. The summed E-state index contributed by atoms with van der Waals surface area (Å²) in [5.41, 5.74) is 0.995. The van der Waals surface area contributed by atoms with Gasteiger partial charge < -0.3 is 25.4 Å². The monoisotopic (exact) mass is 385 g/mol. The van der Waals surface area contributed by atoms with Gasteiger partial charge in [-0.25, -0.2) is 0 Å². The lowest BCUT2D eigenvalue weighted by molar-refractivity contribution is -0.119. The summed E-state index contributed by atoms with van der Waals surface area (Å²) >= 11 is 0. The van der Waals surface area contributed by atoms with E-state index in [1.807, 2.05) is 6.07 Å². The van der Waals surface area contributed by atoms with Crippen LogP contribution in [-0.4, -0.2) is 44.5 Å². The van der Waals surface area contributed by atoms with Gasteiger partial charge in [0.15, 0.2) is 18.1 Å². The van der Waals surface area contributed by atoms with Gasteiger partial charge in [-0.05, 0) is 36.4 Å². The van der Waals surface area contributed by atoms with E-state index in [-0.39, 0.29) is 24.3 Å². The topological polar surface area (TPSA) is 106 Å². The zero-order chi connectivity index (χ0) is 20.4. The van der Waals surface area contributed by atoms with E-state index in [9.17, 15) is 14.4 Å². The molecule has 2 rings (SSSR count). The zero-order valence-electron chi connectivity index (χ0n) is 15.8. The molecule has 0 saturated carbocycles. The van der Waals surface area contributed by atoms with Crippen molar-refractivity contribution >= 4 is 23.4 Å². The molecule has 0 bridgehead atoms. The van der Waals surface area contributed by atoms with Crippen LogP contribution < -0.4 is 25.4 Å². The largest absolute Gasteiger partial charge is 0.493 e. The minimum absolute atomic E-state index is 0.149. The Balaban J connectivity index is 1.80. The summed E-state index contributed by atoms with van der Waals surface area (Å²) < 4.78 is 10.6. The number of rotatable bonds is 9. The third-order valence-electron chi connectivity index (χ3n) is 3.64. The number of nitrogens with one attached hydrogen (secondary N) is 3. The van der Waals surface area contributed by atoms with E-state index in [0.717, 1.165) is 0 Å². The lowest BCUT2D eigenvalue weighted by Crippen LogP contribution is -2.33. The zero-order valence-corrected chi connectivity index (χ0v) is 15.8. The third-order valence-corrected chi connectivity index (χ3v) is 3.64. The van der Waals surface area contributed by atoms with E-state index in [4.69, 9.17) is 9.47 Å². The molecule has 0 saturated heterocycles. The average molecular weight is 385 g/mol. The van der Waals surface area contributed by atoms with Gasteiger partial charge in [0.25, 0.3) is 11.8 Å². The SMILES string of the molecule is COc1ccccc1OCC(=O)Nc1ccc(C(=O)NCCNC(C)=O)cc1. The van der Waals surface area contributed by atoms with E-state index in [0.29, 0.717) is 35.8 Å². The van der Waals surface area contributed by atoms with Crippen molar-refractivity contribution in [3.8, 4) is 11.5 Å². The highest BCUT2D eigenvalue weighted by Crippen LogP contribution is 2.25. The lowest BCUT2D eigenvalue weighted by Gasteiger charge is -2.11.